The van der Waals surface area contributed by atoms with Crippen LogP contribution in [0.1, 0.15) is 22.6 Å². The standard InChI is InChI=1S/C14H13FN2OS2/c1-10-16-17-14(20-10)19-9-12-6-11(4-2-3-5-18)7-13(15)8-12/h6-8,18H,3,5,9H2,1H3. The molecule has 0 aliphatic carbocycles. The molecule has 0 aliphatic rings. The molecule has 3 nitrogen and oxygen atoms in total. The lowest BCUT2D eigenvalue weighted by Crippen LogP contribution is -1.87. The van der Waals surface area contributed by atoms with E-state index in [1.165, 1.54) is 35.2 Å². The molecule has 0 fully saturated rings. The van der Waals surface area contributed by atoms with Gasteiger partial charge in [-0.05, 0) is 30.7 Å². The number of aliphatic hydroxyl groups is 1. The Hall–Kier alpha value is -1.42. The number of hydrogen-bond acceptors (Lipinski definition) is 5. The van der Waals surface area contributed by atoms with Gasteiger partial charge in [-0.1, -0.05) is 34.9 Å². The summed E-state index contributed by atoms with van der Waals surface area (Å²) in [5.74, 6) is 5.96. The van der Waals surface area contributed by atoms with Crippen LogP contribution in [0.5, 0.6) is 0 Å². The van der Waals surface area contributed by atoms with Crippen LogP contribution in [0.3, 0.4) is 0 Å². The van der Waals surface area contributed by atoms with E-state index in [-0.39, 0.29) is 12.4 Å². The molecule has 0 atom stereocenters. The van der Waals surface area contributed by atoms with Gasteiger partial charge >= 0.3 is 0 Å². The van der Waals surface area contributed by atoms with E-state index in [2.05, 4.69) is 22.0 Å². The van der Waals surface area contributed by atoms with Gasteiger partial charge in [0.1, 0.15) is 10.8 Å². The summed E-state index contributed by atoms with van der Waals surface area (Å²) in [5, 5.41) is 17.6. The van der Waals surface area contributed by atoms with Crippen molar-refractivity contribution < 1.29 is 9.50 Å². The van der Waals surface area contributed by atoms with Crippen LogP contribution in [-0.2, 0) is 5.75 Å². The maximum Gasteiger partial charge on any atom is 0.174 e. The average Bonchev–Trinajstić information content (AvgIpc) is 2.82. The van der Waals surface area contributed by atoms with Gasteiger partial charge < -0.3 is 5.11 Å². The maximum absolute atomic E-state index is 13.5. The predicted molar refractivity (Wildman–Crippen MR) is 79.2 cm³/mol. The van der Waals surface area contributed by atoms with E-state index in [9.17, 15) is 4.39 Å². The minimum Gasteiger partial charge on any atom is -0.395 e. The maximum atomic E-state index is 13.5. The molecular weight excluding hydrogens is 295 g/mol. The second kappa shape index (κ2) is 7.39. The number of nitrogens with zero attached hydrogens (tertiary/aromatic N) is 2. The van der Waals surface area contributed by atoms with Crippen LogP contribution >= 0.6 is 23.1 Å². The molecule has 2 rings (SSSR count). The van der Waals surface area contributed by atoms with Crippen molar-refractivity contribution in [3.8, 4) is 11.8 Å². The van der Waals surface area contributed by atoms with E-state index in [0.29, 0.717) is 17.7 Å². The largest absolute Gasteiger partial charge is 0.395 e. The average molecular weight is 308 g/mol. The summed E-state index contributed by atoms with van der Waals surface area (Å²) >= 11 is 3.05. The van der Waals surface area contributed by atoms with Gasteiger partial charge in [0.2, 0.25) is 0 Å². The molecule has 0 unspecified atom stereocenters. The number of aliphatic hydroxyl groups excluding tert-OH is 1. The number of thioether (sulfide) groups is 1. The highest BCUT2D eigenvalue weighted by atomic mass is 32.2. The SMILES string of the molecule is Cc1nnc(SCc2cc(F)cc(C#CCCO)c2)s1. The molecule has 0 saturated carbocycles. The number of halogens is 1. The van der Waals surface area contributed by atoms with Crippen LogP contribution in [0, 0.1) is 24.6 Å². The van der Waals surface area contributed by atoms with Gasteiger partial charge in [0, 0.05) is 17.7 Å². The van der Waals surface area contributed by atoms with E-state index in [0.717, 1.165) is 14.9 Å². The van der Waals surface area contributed by atoms with Crippen LogP contribution < -0.4 is 0 Å². The zero-order chi connectivity index (χ0) is 14.4. The molecule has 0 aliphatic heterocycles. The van der Waals surface area contributed by atoms with Gasteiger partial charge in [-0.3, -0.25) is 0 Å². The Labute approximate surface area is 125 Å². The minimum absolute atomic E-state index is 0.0153. The van der Waals surface area contributed by atoms with Crippen LogP contribution in [-0.4, -0.2) is 21.9 Å². The Balaban J connectivity index is 2.06. The van der Waals surface area contributed by atoms with Gasteiger partial charge in [0.15, 0.2) is 4.34 Å². The molecule has 0 spiro atoms. The molecule has 20 heavy (non-hydrogen) atoms. The molecule has 1 aromatic carbocycles. The summed E-state index contributed by atoms with van der Waals surface area (Å²) in [6.07, 6.45) is 0.394. The van der Waals surface area contributed by atoms with E-state index in [4.69, 9.17) is 5.11 Å². The first-order valence-corrected chi connectivity index (χ1v) is 7.79. The third kappa shape index (κ3) is 4.60. The molecule has 0 amide bonds. The van der Waals surface area contributed by atoms with Crippen molar-refractivity contribution in [1.82, 2.24) is 10.2 Å². The van der Waals surface area contributed by atoms with Gasteiger partial charge in [0.05, 0.1) is 6.61 Å². The van der Waals surface area contributed by atoms with Crippen LogP contribution in [0.4, 0.5) is 4.39 Å². The highest BCUT2D eigenvalue weighted by molar-refractivity contribution is 8.00. The van der Waals surface area contributed by atoms with Crippen molar-refractivity contribution in [2.45, 2.75) is 23.4 Å². The highest BCUT2D eigenvalue weighted by Gasteiger charge is 2.04. The number of rotatable bonds is 4. The molecule has 104 valence electrons. The molecule has 0 radical (unpaired) electrons. The number of hydrogen-bond donors (Lipinski definition) is 1. The first-order valence-electron chi connectivity index (χ1n) is 5.99. The first-order chi connectivity index (χ1) is 9.67. The fourth-order valence-electron chi connectivity index (χ4n) is 1.51. The fraction of sp³-hybridized carbons (Fsp3) is 0.286. The molecular formula is C14H13FN2OS2. The van der Waals surface area contributed by atoms with Crippen molar-refractivity contribution in [3.63, 3.8) is 0 Å². The number of aryl methyl sites for hydroxylation is 1. The second-order valence-electron chi connectivity index (χ2n) is 4.00. The third-order valence-electron chi connectivity index (χ3n) is 2.30. The highest BCUT2D eigenvalue weighted by Crippen LogP contribution is 2.26. The summed E-state index contributed by atoms with van der Waals surface area (Å²) in [7, 11) is 0. The Kier molecular flexibility index (Phi) is 5.53. The summed E-state index contributed by atoms with van der Waals surface area (Å²) in [6, 6.07) is 4.75. The van der Waals surface area contributed by atoms with Gasteiger partial charge in [0.25, 0.3) is 0 Å². The van der Waals surface area contributed by atoms with E-state index < -0.39 is 0 Å². The molecule has 1 aromatic heterocycles. The molecule has 2 aromatic rings. The Morgan fingerprint density at radius 3 is 2.90 bits per heavy atom. The summed E-state index contributed by atoms with van der Waals surface area (Å²) < 4.78 is 14.4. The quantitative estimate of drug-likeness (QED) is 0.696. The van der Waals surface area contributed by atoms with Crippen molar-refractivity contribution in [2.75, 3.05) is 6.61 Å². The topological polar surface area (TPSA) is 46.0 Å². The van der Waals surface area contributed by atoms with Gasteiger partial charge in [-0.15, -0.1) is 10.2 Å². The van der Waals surface area contributed by atoms with Crippen LogP contribution in [0.25, 0.3) is 0 Å². The lowest BCUT2D eigenvalue weighted by atomic mass is 10.1. The van der Waals surface area contributed by atoms with Crippen molar-refractivity contribution >= 4 is 23.1 Å². The van der Waals surface area contributed by atoms with Gasteiger partial charge in [-0.25, -0.2) is 4.39 Å². The zero-order valence-electron chi connectivity index (χ0n) is 10.9. The monoisotopic (exact) mass is 308 g/mol. The number of benzene rings is 1. The second-order valence-corrected chi connectivity index (χ2v) is 6.40. The van der Waals surface area contributed by atoms with Crippen molar-refractivity contribution in [3.05, 3.63) is 40.2 Å². The van der Waals surface area contributed by atoms with E-state index >= 15 is 0 Å². The van der Waals surface area contributed by atoms with Crippen LogP contribution in [0.2, 0.25) is 0 Å². The molecule has 1 heterocycles. The van der Waals surface area contributed by atoms with E-state index in [1.54, 1.807) is 0 Å². The molecule has 1 N–H and O–H groups in total. The first kappa shape index (κ1) is 15.0. The van der Waals surface area contributed by atoms with Crippen molar-refractivity contribution in [2.24, 2.45) is 0 Å². The van der Waals surface area contributed by atoms with Gasteiger partial charge in [-0.2, -0.15) is 0 Å². The molecule has 0 bridgehead atoms. The fourth-order valence-corrected chi connectivity index (χ4v) is 3.25. The Bertz CT molecular complexity index is 646. The minimum atomic E-state index is -0.301. The zero-order valence-corrected chi connectivity index (χ0v) is 12.5. The number of aromatic nitrogens is 2. The summed E-state index contributed by atoms with van der Waals surface area (Å²) in [6.45, 7) is 1.92. The smallest absolute Gasteiger partial charge is 0.174 e. The molecule has 0 saturated heterocycles. The lowest BCUT2D eigenvalue weighted by molar-refractivity contribution is 0.305. The third-order valence-corrected chi connectivity index (χ3v) is 4.34. The Morgan fingerprint density at radius 1 is 1.35 bits per heavy atom. The van der Waals surface area contributed by atoms with Crippen LogP contribution in [0.15, 0.2) is 22.5 Å². The summed E-state index contributed by atoms with van der Waals surface area (Å²) in [4.78, 5) is 0. The summed E-state index contributed by atoms with van der Waals surface area (Å²) in [5.41, 5.74) is 1.48. The normalized spacial score (nSPS) is 10.2. The van der Waals surface area contributed by atoms with Crippen molar-refractivity contribution in [1.29, 1.82) is 0 Å². The Morgan fingerprint density at radius 2 is 2.20 bits per heavy atom. The lowest BCUT2D eigenvalue weighted by Gasteiger charge is -2.01. The van der Waals surface area contributed by atoms with E-state index in [1.807, 2.05) is 13.0 Å². The molecule has 6 heteroatoms. The predicted octanol–water partition coefficient (Wildman–Crippen LogP) is 3.01.